The number of anilines is 1. The number of halogens is 1. The number of aromatic nitrogens is 1. The molecule has 1 atom stereocenters. The number of nitrogens with one attached hydrogen (secondary N) is 2. The SMILES string of the molecule is COC(=O)c1c(C)[nH]c(C(=O)[C@@H](C)Nc2cc(Cl)ccc2OC)c1C. The monoisotopic (exact) mass is 364 g/mol. The fourth-order valence-electron chi connectivity index (χ4n) is 2.71. The first-order valence-corrected chi connectivity index (χ1v) is 8.09. The molecular formula is C18H21ClN2O4. The summed E-state index contributed by atoms with van der Waals surface area (Å²) in [4.78, 5) is 27.7. The molecule has 25 heavy (non-hydrogen) atoms. The maximum Gasteiger partial charge on any atom is 0.339 e. The van der Waals surface area contributed by atoms with E-state index >= 15 is 0 Å². The molecule has 0 bridgehead atoms. The molecular weight excluding hydrogens is 344 g/mol. The Balaban J connectivity index is 2.30. The van der Waals surface area contributed by atoms with Gasteiger partial charge in [-0.3, -0.25) is 4.79 Å². The van der Waals surface area contributed by atoms with Crippen molar-refractivity contribution in [3.8, 4) is 5.75 Å². The molecule has 134 valence electrons. The molecule has 1 aromatic carbocycles. The molecule has 0 fully saturated rings. The largest absolute Gasteiger partial charge is 0.495 e. The van der Waals surface area contributed by atoms with Crippen LogP contribution in [0.15, 0.2) is 18.2 Å². The van der Waals surface area contributed by atoms with Crippen molar-refractivity contribution in [1.82, 2.24) is 4.98 Å². The van der Waals surface area contributed by atoms with Crippen LogP contribution in [0, 0.1) is 13.8 Å². The zero-order chi connectivity index (χ0) is 18.7. The minimum absolute atomic E-state index is 0.183. The summed E-state index contributed by atoms with van der Waals surface area (Å²) in [6.07, 6.45) is 0. The van der Waals surface area contributed by atoms with Crippen LogP contribution in [0.1, 0.15) is 39.0 Å². The number of Topliss-reactive ketones (excluding diaryl/α,β-unsaturated/α-hetero) is 1. The highest BCUT2D eigenvalue weighted by molar-refractivity contribution is 6.31. The van der Waals surface area contributed by atoms with E-state index in [1.165, 1.54) is 7.11 Å². The van der Waals surface area contributed by atoms with E-state index in [4.69, 9.17) is 21.1 Å². The van der Waals surface area contributed by atoms with E-state index in [2.05, 4.69) is 10.3 Å². The van der Waals surface area contributed by atoms with E-state index in [1.54, 1.807) is 46.1 Å². The van der Waals surface area contributed by atoms with Crippen LogP contribution >= 0.6 is 11.6 Å². The number of rotatable bonds is 6. The molecule has 2 rings (SSSR count). The van der Waals surface area contributed by atoms with Crippen molar-refractivity contribution in [2.75, 3.05) is 19.5 Å². The van der Waals surface area contributed by atoms with Crippen LogP contribution in [0.2, 0.25) is 5.02 Å². The summed E-state index contributed by atoms with van der Waals surface area (Å²) in [6, 6.07) is 4.56. The molecule has 2 N–H and O–H groups in total. The second-order valence-electron chi connectivity index (χ2n) is 5.69. The first-order chi connectivity index (χ1) is 11.8. The Hall–Kier alpha value is -2.47. The number of aryl methyl sites for hydroxylation is 1. The normalized spacial score (nSPS) is 11.8. The highest BCUT2D eigenvalue weighted by Crippen LogP contribution is 2.29. The van der Waals surface area contributed by atoms with E-state index in [-0.39, 0.29) is 5.78 Å². The second kappa shape index (κ2) is 7.61. The molecule has 0 radical (unpaired) electrons. The zero-order valence-electron chi connectivity index (χ0n) is 14.8. The van der Waals surface area contributed by atoms with Gasteiger partial charge < -0.3 is 19.8 Å². The van der Waals surface area contributed by atoms with Gasteiger partial charge in [-0.25, -0.2) is 4.79 Å². The van der Waals surface area contributed by atoms with Crippen molar-refractivity contribution in [2.24, 2.45) is 0 Å². The maximum absolute atomic E-state index is 12.8. The molecule has 0 saturated heterocycles. The van der Waals surface area contributed by atoms with Gasteiger partial charge in [0.15, 0.2) is 0 Å². The van der Waals surface area contributed by atoms with Crippen LogP contribution in [0.25, 0.3) is 0 Å². The van der Waals surface area contributed by atoms with Gasteiger partial charge in [-0.1, -0.05) is 11.6 Å². The number of ether oxygens (including phenoxy) is 2. The summed E-state index contributed by atoms with van der Waals surface area (Å²) >= 11 is 6.02. The molecule has 0 aliphatic rings. The lowest BCUT2D eigenvalue weighted by atomic mass is 10.0. The molecule has 0 amide bonds. The van der Waals surface area contributed by atoms with Gasteiger partial charge in [-0.05, 0) is 44.5 Å². The maximum atomic E-state index is 12.8. The number of methoxy groups -OCH3 is 2. The highest BCUT2D eigenvalue weighted by Gasteiger charge is 2.25. The van der Waals surface area contributed by atoms with Gasteiger partial charge in [-0.2, -0.15) is 0 Å². The fraction of sp³-hybridized carbons (Fsp3) is 0.333. The summed E-state index contributed by atoms with van der Waals surface area (Å²) < 4.78 is 10.1. The van der Waals surface area contributed by atoms with Gasteiger partial charge >= 0.3 is 5.97 Å². The number of hydrogen-bond donors (Lipinski definition) is 2. The van der Waals surface area contributed by atoms with E-state index in [0.29, 0.717) is 39.0 Å². The summed E-state index contributed by atoms with van der Waals surface area (Å²) in [6.45, 7) is 5.18. The van der Waals surface area contributed by atoms with Crippen molar-refractivity contribution in [3.63, 3.8) is 0 Å². The van der Waals surface area contributed by atoms with E-state index in [1.807, 2.05) is 0 Å². The third kappa shape index (κ3) is 3.79. The molecule has 7 heteroatoms. The van der Waals surface area contributed by atoms with Crippen molar-refractivity contribution >= 4 is 29.0 Å². The zero-order valence-corrected chi connectivity index (χ0v) is 15.6. The lowest BCUT2D eigenvalue weighted by molar-refractivity contribution is 0.0599. The first-order valence-electron chi connectivity index (χ1n) is 7.71. The second-order valence-corrected chi connectivity index (χ2v) is 6.13. The van der Waals surface area contributed by atoms with Crippen molar-refractivity contribution in [3.05, 3.63) is 45.7 Å². The van der Waals surface area contributed by atoms with Crippen molar-refractivity contribution in [1.29, 1.82) is 0 Å². The van der Waals surface area contributed by atoms with Gasteiger partial charge in [-0.15, -0.1) is 0 Å². The number of benzene rings is 1. The summed E-state index contributed by atoms with van der Waals surface area (Å²) in [5, 5.41) is 3.63. The number of hydrogen-bond acceptors (Lipinski definition) is 5. The van der Waals surface area contributed by atoms with Gasteiger partial charge in [0.25, 0.3) is 0 Å². The average molecular weight is 365 g/mol. The fourth-order valence-corrected chi connectivity index (χ4v) is 2.89. The minimum Gasteiger partial charge on any atom is -0.495 e. The molecule has 1 aromatic heterocycles. The summed E-state index contributed by atoms with van der Waals surface area (Å²) in [5.74, 6) is -0.0705. The number of esters is 1. The van der Waals surface area contributed by atoms with Crippen LogP contribution in [0.3, 0.4) is 0 Å². The van der Waals surface area contributed by atoms with Gasteiger partial charge in [0.05, 0.1) is 37.2 Å². The van der Waals surface area contributed by atoms with Crippen molar-refractivity contribution < 1.29 is 19.1 Å². The Morgan fingerprint density at radius 3 is 2.52 bits per heavy atom. The number of carbonyl (C=O) groups excluding carboxylic acids is 2. The molecule has 0 unspecified atom stereocenters. The third-order valence-corrected chi connectivity index (χ3v) is 4.24. The Labute approximate surface area is 151 Å². The quantitative estimate of drug-likeness (QED) is 0.602. The third-order valence-electron chi connectivity index (χ3n) is 4.00. The standard InChI is InChI=1S/C18H21ClN2O4/c1-9-15(18(23)25-5)10(2)21-16(9)17(22)11(3)20-13-8-12(19)6-7-14(13)24-4/h6-8,11,20-21H,1-5H3/t11-/m1/s1. The lowest BCUT2D eigenvalue weighted by Gasteiger charge is -2.17. The number of ketones is 1. The van der Waals surface area contributed by atoms with E-state index in [9.17, 15) is 9.59 Å². The van der Waals surface area contributed by atoms with Gasteiger partial charge in [0.1, 0.15) is 5.75 Å². The number of carbonyl (C=O) groups is 2. The highest BCUT2D eigenvalue weighted by atomic mass is 35.5. The van der Waals surface area contributed by atoms with Crippen LogP contribution < -0.4 is 10.1 Å². The first kappa shape index (κ1) is 18.9. The Bertz CT molecular complexity index is 814. The van der Waals surface area contributed by atoms with Crippen LogP contribution in [0.5, 0.6) is 5.75 Å². The average Bonchev–Trinajstić information content (AvgIpc) is 2.88. The smallest absolute Gasteiger partial charge is 0.339 e. The molecule has 6 nitrogen and oxygen atoms in total. The van der Waals surface area contributed by atoms with E-state index in [0.717, 1.165) is 0 Å². The Morgan fingerprint density at radius 1 is 1.24 bits per heavy atom. The summed E-state index contributed by atoms with van der Waals surface area (Å²) in [5.41, 5.74) is 2.54. The van der Waals surface area contributed by atoms with E-state index < -0.39 is 12.0 Å². The molecule has 0 spiro atoms. The van der Waals surface area contributed by atoms with Crippen molar-refractivity contribution in [2.45, 2.75) is 26.8 Å². The molecule has 0 saturated carbocycles. The Morgan fingerprint density at radius 2 is 1.92 bits per heavy atom. The Kier molecular flexibility index (Phi) is 5.74. The van der Waals surface area contributed by atoms with Crippen LogP contribution in [0.4, 0.5) is 5.69 Å². The predicted octanol–water partition coefficient (Wildman–Crippen LogP) is 3.76. The predicted molar refractivity (Wildman–Crippen MR) is 97.0 cm³/mol. The topological polar surface area (TPSA) is 80.4 Å². The van der Waals surface area contributed by atoms with Crippen LogP contribution in [-0.4, -0.2) is 37.0 Å². The molecule has 0 aliphatic carbocycles. The number of H-pyrrole nitrogens is 1. The molecule has 2 aromatic rings. The molecule has 0 aliphatic heterocycles. The number of aromatic amines is 1. The summed E-state index contributed by atoms with van der Waals surface area (Å²) in [7, 11) is 2.85. The van der Waals surface area contributed by atoms with Gasteiger partial charge in [0.2, 0.25) is 5.78 Å². The van der Waals surface area contributed by atoms with Crippen LogP contribution in [-0.2, 0) is 4.74 Å². The molecule has 1 heterocycles. The van der Waals surface area contributed by atoms with Gasteiger partial charge in [0, 0.05) is 10.7 Å². The lowest BCUT2D eigenvalue weighted by Crippen LogP contribution is -2.27. The minimum atomic E-state index is -0.561.